The van der Waals surface area contributed by atoms with Gasteiger partial charge in [0.15, 0.2) is 11.5 Å². The van der Waals surface area contributed by atoms with E-state index in [1.54, 1.807) is 0 Å². The van der Waals surface area contributed by atoms with Gasteiger partial charge in [-0.1, -0.05) is 6.07 Å². The van der Waals surface area contributed by atoms with E-state index in [0.717, 1.165) is 23.8 Å². The van der Waals surface area contributed by atoms with E-state index in [4.69, 9.17) is 0 Å². The summed E-state index contributed by atoms with van der Waals surface area (Å²) in [6.07, 6.45) is 1.48. The van der Waals surface area contributed by atoms with E-state index in [1.807, 2.05) is 17.5 Å². The number of aromatic hydroxyl groups is 2. The highest BCUT2D eigenvalue weighted by Crippen LogP contribution is 2.46. The van der Waals surface area contributed by atoms with Crippen molar-refractivity contribution < 1.29 is 24.9 Å². The summed E-state index contributed by atoms with van der Waals surface area (Å²) < 4.78 is 0. The molecule has 4 rings (SSSR count). The van der Waals surface area contributed by atoms with E-state index in [-0.39, 0.29) is 35.3 Å². The Balaban J connectivity index is 1.80. The molecule has 1 aromatic carbocycles. The lowest BCUT2D eigenvalue weighted by molar-refractivity contribution is -0.130. The van der Waals surface area contributed by atoms with Crippen molar-refractivity contribution in [3.63, 3.8) is 0 Å². The molecule has 0 radical (unpaired) electrons. The Morgan fingerprint density at radius 1 is 1.19 bits per heavy atom. The summed E-state index contributed by atoms with van der Waals surface area (Å²) >= 11 is 1.46. The van der Waals surface area contributed by atoms with Gasteiger partial charge in [-0.15, -0.1) is 11.3 Å². The number of aliphatic hydroxyl groups excluding tert-OH is 1. The van der Waals surface area contributed by atoms with E-state index in [1.165, 1.54) is 28.4 Å². The predicted octanol–water partition coefficient (Wildman–Crippen LogP) is 3.03. The Kier molecular flexibility index (Phi) is 3.96. The minimum absolute atomic E-state index is 0.0371. The number of Topliss-reactive ketones (excluding diaryl/α,β-unsaturated/α-hetero) is 1. The van der Waals surface area contributed by atoms with Crippen molar-refractivity contribution in [2.75, 3.05) is 0 Å². The predicted molar refractivity (Wildman–Crippen MR) is 94.8 cm³/mol. The van der Waals surface area contributed by atoms with Crippen LogP contribution in [0, 0.1) is 5.92 Å². The van der Waals surface area contributed by atoms with Crippen LogP contribution in [-0.2, 0) is 16.1 Å². The van der Waals surface area contributed by atoms with E-state index in [0.29, 0.717) is 5.56 Å². The lowest BCUT2D eigenvalue weighted by atomic mass is 9.93. The molecule has 2 aromatic rings. The summed E-state index contributed by atoms with van der Waals surface area (Å²) in [6, 6.07) is 6.87. The van der Waals surface area contributed by atoms with Crippen LogP contribution >= 0.6 is 11.3 Å². The quantitative estimate of drug-likeness (QED) is 0.750. The molecule has 2 heterocycles. The molecule has 3 N–H and O–H groups in total. The number of carbonyl (C=O) groups excluding carboxylic acids is 2. The van der Waals surface area contributed by atoms with E-state index in [9.17, 15) is 24.9 Å². The number of rotatable bonds is 5. The lowest BCUT2D eigenvalue weighted by Gasteiger charge is -2.27. The first-order valence-electron chi connectivity index (χ1n) is 8.30. The molecule has 0 spiro atoms. The summed E-state index contributed by atoms with van der Waals surface area (Å²) in [7, 11) is 0. The zero-order chi connectivity index (χ0) is 18.4. The van der Waals surface area contributed by atoms with Crippen LogP contribution in [0.25, 0.3) is 0 Å². The molecule has 6 nitrogen and oxygen atoms in total. The van der Waals surface area contributed by atoms with Crippen LogP contribution in [0.1, 0.15) is 29.3 Å². The van der Waals surface area contributed by atoms with Crippen LogP contribution < -0.4 is 0 Å². The summed E-state index contributed by atoms with van der Waals surface area (Å²) in [5.41, 5.74) is 0.343. The van der Waals surface area contributed by atoms with Crippen molar-refractivity contribution in [2.45, 2.75) is 25.4 Å². The van der Waals surface area contributed by atoms with Gasteiger partial charge in [0.2, 0.25) is 0 Å². The molecule has 1 amide bonds. The molecular weight excluding hydrogens is 354 g/mol. The Labute approximate surface area is 153 Å². The number of hydrogen-bond acceptors (Lipinski definition) is 6. The smallest absolute Gasteiger partial charge is 0.290 e. The first kappa shape index (κ1) is 16.7. The standard InChI is InChI=1S/C19H17NO5S/c21-11-5-6-13(14(22)8-11)16-15(17(23)10-3-4-10)18(24)19(25)20(16)9-12-2-1-7-26-12/h1-2,5-8,10,16,21-22,24H,3-4,9H2. The van der Waals surface area contributed by atoms with Gasteiger partial charge in [0.05, 0.1) is 18.2 Å². The number of aliphatic hydroxyl groups is 1. The summed E-state index contributed by atoms with van der Waals surface area (Å²) in [5.74, 6) is -1.94. The highest BCUT2D eigenvalue weighted by atomic mass is 32.1. The second-order valence-electron chi connectivity index (χ2n) is 6.56. The third-order valence-electron chi connectivity index (χ3n) is 4.73. The van der Waals surface area contributed by atoms with Crippen LogP contribution in [0.3, 0.4) is 0 Å². The largest absolute Gasteiger partial charge is 0.508 e. The van der Waals surface area contributed by atoms with Gasteiger partial charge in [0.1, 0.15) is 11.5 Å². The third-order valence-corrected chi connectivity index (χ3v) is 5.59. The molecule has 1 aliphatic heterocycles. The number of hydrogen-bond donors (Lipinski definition) is 3. The van der Waals surface area contributed by atoms with Crippen molar-refractivity contribution >= 4 is 23.0 Å². The van der Waals surface area contributed by atoms with Crippen molar-refractivity contribution in [1.29, 1.82) is 0 Å². The number of phenolic OH excluding ortho intramolecular Hbond substituents is 2. The highest BCUT2D eigenvalue weighted by molar-refractivity contribution is 7.09. The van der Waals surface area contributed by atoms with E-state index in [2.05, 4.69) is 0 Å². The van der Waals surface area contributed by atoms with Gasteiger partial charge in [0.25, 0.3) is 5.91 Å². The van der Waals surface area contributed by atoms with Gasteiger partial charge < -0.3 is 20.2 Å². The topological polar surface area (TPSA) is 98.1 Å². The molecule has 1 fully saturated rings. The van der Waals surface area contributed by atoms with Gasteiger partial charge >= 0.3 is 0 Å². The second kappa shape index (κ2) is 6.17. The minimum atomic E-state index is -0.877. The average Bonchev–Trinajstić information content (AvgIpc) is 3.28. The molecule has 0 bridgehead atoms. The van der Waals surface area contributed by atoms with Crippen LogP contribution in [0.2, 0.25) is 0 Å². The summed E-state index contributed by atoms with van der Waals surface area (Å²) in [5, 5.41) is 32.2. The van der Waals surface area contributed by atoms with Crippen molar-refractivity contribution in [1.82, 2.24) is 4.90 Å². The number of thiophene rings is 1. The first-order chi connectivity index (χ1) is 12.5. The number of amides is 1. The minimum Gasteiger partial charge on any atom is -0.508 e. The Bertz CT molecular complexity index is 914. The summed E-state index contributed by atoms with van der Waals surface area (Å²) in [4.78, 5) is 27.7. The fourth-order valence-corrected chi connectivity index (χ4v) is 3.99. The second-order valence-corrected chi connectivity index (χ2v) is 7.59. The Hall–Kier alpha value is -2.80. The Morgan fingerprint density at radius 2 is 1.96 bits per heavy atom. The molecule has 2 aliphatic rings. The molecule has 26 heavy (non-hydrogen) atoms. The number of phenols is 2. The normalized spacial score (nSPS) is 20.1. The molecule has 0 saturated heterocycles. The van der Waals surface area contributed by atoms with Gasteiger partial charge in [-0.2, -0.15) is 0 Å². The van der Waals surface area contributed by atoms with Crippen molar-refractivity contribution in [2.24, 2.45) is 5.92 Å². The molecule has 134 valence electrons. The van der Waals surface area contributed by atoms with E-state index < -0.39 is 17.7 Å². The number of ketones is 1. The monoisotopic (exact) mass is 371 g/mol. The number of carbonyl (C=O) groups is 2. The third kappa shape index (κ3) is 2.74. The van der Waals surface area contributed by atoms with Gasteiger partial charge in [0, 0.05) is 22.4 Å². The molecule has 7 heteroatoms. The summed E-state index contributed by atoms with van der Waals surface area (Å²) in [6.45, 7) is 0.215. The fourth-order valence-electron chi connectivity index (χ4n) is 3.29. The molecule has 1 aromatic heterocycles. The SMILES string of the molecule is O=C(C1=C(O)C(=O)N(Cc2cccs2)C1c1ccc(O)cc1O)C1CC1. The van der Waals surface area contributed by atoms with Gasteiger partial charge in [-0.05, 0) is 36.4 Å². The molecule has 1 atom stereocenters. The van der Waals surface area contributed by atoms with Crippen LogP contribution in [0.4, 0.5) is 0 Å². The van der Waals surface area contributed by atoms with E-state index >= 15 is 0 Å². The first-order valence-corrected chi connectivity index (χ1v) is 9.18. The zero-order valence-electron chi connectivity index (χ0n) is 13.8. The van der Waals surface area contributed by atoms with Crippen LogP contribution in [0.5, 0.6) is 11.5 Å². The Morgan fingerprint density at radius 3 is 2.58 bits per heavy atom. The highest BCUT2D eigenvalue weighted by Gasteiger charge is 2.47. The van der Waals surface area contributed by atoms with Crippen LogP contribution in [-0.4, -0.2) is 31.9 Å². The molecule has 1 aliphatic carbocycles. The molecular formula is C19H17NO5S. The van der Waals surface area contributed by atoms with Gasteiger partial charge in [-0.3, -0.25) is 9.59 Å². The van der Waals surface area contributed by atoms with Crippen LogP contribution in [0.15, 0.2) is 47.0 Å². The maximum absolute atomic E-state index is 12.7. The fraction of sp³-hybridized carbons (Fsp3) is 0.263. The molecule has 1 unspecified atom stereocenters. The lowest BCUT2D eigenvalue weighted by Crippen LogP contribution is -2.30. The van der Waals surface area contributed by atoms with Crippen molar-refractivity contribution in [3.8, 4) is 11.5 Å². The number of benzene rings is 1. The zero-order valence-corrected chi connectivity index (χ0v) is 14.6. The van der Waals surface area contributed by atoms with Gasteiger partial charge in [-0.25, -0.2) is 0 Å². The maximum Gasteiger partial charge on any atom is 0.290 e. The van der Waals surface area contributed by atoms with Crippen molar-refractivity contribution in [3.05, 3.63) is 57.5 Å². The number of nitrogens with zero attached hydrogens (tertiary/aromatic N) is 1. The maximum atomic E-state index is 12.7. The average molecular weight is 371 g/mol. The molecule has 1 saturated carbocycles.